The van der Waals surface area contributed by atoms with Crippen molar-refractivity contribution in [3.05, 3.63) is 83.6 Å². The summed E-state index contributed by atoms with van der Waals surface area (Å²) < 4.78 is 5.91. The highest BCUT2D eigenvalue weighted by Gasteiger charge is 2.24. The van der Waals surface area contributed by atoms with Crippen LogP contribution in [0.3, 0.4) is 0 Å². The maximum absolute atomic E-state index is 10.4. The zero-order valence-corrected chi connectivity index (χ0v) is 14.1. The van der Waals surface area contributed by atoms with Crippen molar-refractivity contribution in [2.24, 2.45) is 0 Å². The van der Waals surface area contributed by atoms with E-state index < -0.39 is 0 Å². The van der Waals surface area contributed by atoms with E-state index in [0.717, 1.165) is 18.4 Å². The third-order valence-electron chi connectivity index (χ3n) is 4.51. The van der Waals surface area contributed by atoms with Crippen molar-refractivity contribution in [1.82, 2.24) is 5.32 Å². The Hall–Kier alpha value is -2.10. The van der Waals surface area contributed by atoms with Gasteiger partial charge in [-0.05, 0) is 37.0 Å². The summed E-state index contributed by atoms with van der Waals surface area (Å²) in [7, 11) is 0. The molecule has 0 aromatic heterocycles. The highest BCUT2D eigenvalue weighted by atomic mass is 16.5. The molecule has 0 saturated carbocycles. The van der Waals surface area contributed by atoms with E-state index in [1.807, 2.05) is 42.5 Å². The average Bonchev–Trinajstić information content (AvgIpc) is 2.63. The molecule has 1 aliphatic rings. The zero-order valence-electron chi connectivity index (χ0n) is 14.1. The number of hydrogen-bond donors (Lipinski definition) is 2. The molecule has 2 aromatic rings. The van der Waals surface area contributed by atoms with E-state index >= 15 is 0 Å². The summed E-state index contributed by atoms with van der Waals surface area (Å²) in [6.45, 7) is 2.70. The van der Waals surface area contributed by atoms with Gasteiger partial charge in [-0.25, -0.2) is 0 Å². The second-order valence-corrected chi connectivity index (χ2v) is 6.36. The van der Waals surface area contributed by atoms with Gasteiger partial charge < -0.3 is 15.2 Å². The van der Waals surface area contributed by atoms with Gasteiger partial charge in [-0.15, -0.1) is 0 Å². The lowest BCUT2D eigenvalue weighted by Crippen LogP contribution is -2.37. The number of rotatable bonds is 6. The Morgan fingerprint density at radius 1 is 1.04 bits per heavy atom. The molecule has 3 heteroatoms. The van der Waals surface area contributed by atoms with Crippen LogP contribution in [0.2, 0.25) is 0 Å². The van der Waals surface area contributed by atoms with Crippen LogP contribution in [0.1, 0.15) is 36.9 Å². The lowest BCUT2D eigenvalue weighted by atomic mass is 9.96. The fourth-order valence-corrected chi connectivity index (χ4v) is 3.09. The van der Waals surface area contributed by atoms with Crippen LogP contribution < -0.4 is 5.32 Å². The minimum atomic E-state index is -0.0183. The molecule has 24 heavy (non-hydrogen) atoms. The topological polar surface area (TPSA) is 41.5 Å². The zero-order chi connectivity index (χ0) is 16.8. The summed E-state index contributed by atoms with van der Waals surface area (Å²) in [6.07, 6.45) is 3.62. The highest BCUT2D eigenvalue weighted by Crippen LogP contribution is 2.23. The predicted molar refractivity (Wildman–Crippen MR) is 96.7 cm³/mol. The molecule has 0 bridgehead atoms. The van der Waals surface area contributed by atoms with Crippen LogP contribution >= 0.6 is 0 Å². The Labute approximate surface area is 144 Å². The first-order chi connectivity index (χ1) is 11.7. The van der Waals surface area contributed by atoms with E-state index in [4.69, 9.17) is 4.74 Å². The largest absolute Gasteiger partial charge is 0.511 e. The monoisotopic (exact) mass is 323 g/mol. The van der Waals surface area contributed by atoms with Gasteiger partial charge in [0.1, 0.15) is 5.76 Å². The molecule has 2 N–H and O–H groups in total. The van der Waals surface area contributed by atoms with E-state index in [0.29, 0.717) is 12.4 Å². The minimum absolute atomic E-state index is 0.00298. The van der Waals surface area contributed by atoms with E-state index in [-0.39, 0.29) is 18.2 Å². The Balaban J connectivity index is 1.53. The molecular weight excluding hydrogens is 298 g/mol. The van der Waals surface area contributed by atoms with Crippen LogP contribution in [0.4, 0.5) is 0 Å². The molecule has 0 saturated heterocycles. The molecule has 0 spiro atoms. The van der Waals surface area contributed by atoms with E-state index in [1.54, 1.807) is 0 Å². The average molecular weight is 323 g/mol. The van der Waals surface area contributed by atoms with Crippen LogP contribution in [0.5, 0.6) is 0 Å². The van der Waals surface area contributed by atoms with Crippen LogP contribution in [-0.4, -0.2) is 17.3 Å². The molecule has 0 amide bonds. The van der Waals surface area contributed by atoms with Gasteiger partial charge in [0.05, 0.1) is 18.8 Å². The summed E-state index contributed by atoms with van der Waals surface area (Å²) in [5.74, 6) is 0.391. The molecule has 0 fully saturated rings. The SMILES string of the molecule is C[C@H](N[C@@H]1CC[C@@H](OCc2ccccc2)C=C1O)c1ccccc1. The first-order valence-electron chi connectivity index (χ1n) is 8.59. The molecule has 0 radical (unpaired) electrons. The second kappa shape index (κ2) is 8.13. The predicted octanol–water partition coefficient (Wildman–Crippen LogP) is 4.53. The Kier molecular flexibility index (Phi) is 5.68. The van der Waals surface area contributed by atoms with Gasteiger partial charge in [0, 0.05) is 6.04 Å². The molecule has 2 aromatic carbocycles. The smallest absolute Gasteiger partial charge is 0.108 e. The molecule has 126 valence electrons. The first kappa shape index (κ1) is 16.7. The maximum atomic E-state index is 10.4. The number of hydrogen-bond acceptors (Lipinski definition) is 3. The Morgan fingerprint density at radius 3 is 2.38 bits per heavy atom. The Bertz CT molecular complexity index is 654. The number of nitrogens with one attached hydrogen (secondary N) is 1. The summed E-state index contributed by atoms with van der Waals surface area (Å²) in [4.78, 5) is 0. The molecule has 1 aliphatic carbocycles. The molecule has 3 nitrogen and oxygen atoms in total. The fraction of sp³-hybridized carbons (Fsp3) is 0.333. The molecule has 3 rings (SSSR count). The maximum Gasteiger partial charge on any atom is 0.108 e. The van der Waals surface area contributed by atoms with Gasteiger partial charge in [-0.2, -0.15) is 0 Å². The highest BCUT2D eigenvalue weighted by molar-refractivity contribution is 5.20. The minimum Gasteiger partial charge on any atom is -0.511 e. The van der Waals surface area contributed by atoms with Crippen molar-refractivity contribution in [2.75, 3.05) is 0 Å². The fourth-order valence-electron chi connectivity index (χ4n) is 3.09. The van der Waals surface area contributed by atoms with Crippen molar-refractivity contribution in [1.29, 1.82) is 0 Å². The second-order valence-electron chi connectivity index (χ2n) is 6.36. The number of benzene rings is 2. The van der Waals surface area contributed by atoms with Gasteiger partial charge in [0.15, 0.2) is 0 Å². The molecule has 0 aliphatic heterocycles. The summed E-state index contributed by atoms with van der Waals surface area (Å²) in [5.41, 5.74) is 2.39. The lowest BCUT2D eigenvalue weighted by molar-refractivity contribution is 0.0532. The first-order valence-corrected chi connectivity index (χ1v) is 8.59. The molecule has 0 unspecified atom stereocenters. The summed E-state index contributed by atoms with van der Waals surface area (Å²) >= 11 is 0. The number of aliphatic hydroxyl groups is 1. The summed E-state index contributed by atoms with van der Waals surface area (Å²) in [6, 6.07) is 20.6. The number of ether oxygens (including phenoxy) is 1. The quantitative estimate of drug-likeness (QED) is 0.821. The molecule has 3 atom stereocenters. The van der Waals surface area contributed by atoms with Crippen molar-refractivity contribution in [3.8, 4) is 0 Å². The van der Waals surface area contributed by atoms with Gasteiger partial charge in [0.25, 0.3) is 0 Å². The van der Waals surface area contributed by atoms with Crippen LogP contribution in [0.15, 0.2) is 72.5 Å². The summed E-state index contributed by atoms with van der Waals surface area (Å²) in [5, 5.41) is 13.9. The molecule has 0 heterocycles. The normalized spacial score (nSPS) is 22.0. The van der Waals surface area contributed by atoms with Crippen LogP contribution in [-0.2, 0) is 11.3 Å². The standard InChI is InChI=1S/C21H25NO2/c1-16(18-10-6-3-7-11-18)22-20-13-12-19(14-21(20)23)24-15-17-8-4-2-5-9-17/h2-11,14,16,19-20,22-23H,12-13,15H2,1H3/t16-,19+,20+/m0/s1. The Morgan fingerprint density at radius 2 is 1.71 bits per heavy atom. The third-order valence-corrected chi connectivity index (χ3v) is 4.51. The molecular formula is C21H25NO2. The third kappa shape index (κ3) is 4.47. The van der Waals surface area contributed by atoms with E-state index in [1.165, 1.54) is 5.56 Å². The lowest BCUT2D eigenvalue weighted by Gasteiger charge is -2.29. The van der Waals surface area contributed by atoms with Gasteiger partial charge >= 0.3 is 0 Å². The van der Waals surface area contributed by atoms with Crippen molar-refractivity contribution in [3.63, 3.8) is 0 Å². The van der Waals surface area contributed by atoms with E-state index in [2.05, 4.69) is 36.5 Å². The van der Waals surface area contributed by atoms with Crippen LogP contribution in [0.25, 0.3) is 0 Å². The van der Waals surface area contributed by atoms with Crippen LogP contribution in [0, 0.1) is 0 Å². The van der Waals surface area contributed by atoms with Gasteiger partial charge in [-0.3, -0.25) is 0 Å². The number of aliphatic hydroxyl groups excluding tert-OH is 1. The van der Waals surface area contributed by atoms with Gasteiger partial charge in [0.2, 0.25) is 0 Å². The van der Waals surface area contributed by atoms with Crippen molar-refractivity contribution >= 4 is 0 Å². The van der Waals surface area contributed by atoms with Gasteiger partial charge in [-0.1, -0.05) is 60.7 Å². The van der Waals surface area contributed by atoms with Crippen molar-refractivity contribution < 1.29 is 9.84 Å². The van der Waals surface area contributed by atoms with Crippen molar-refractivity contribution in [2.45, 2.75) is 44.6 Å². The van der Waals surface area contributed by atoms with E-state index in [9.17, 15) is 5.11 Å².